The average molecular weight is 472 g/mol. The molecule has 34 heavy (non-hydrogen) atoms. The molecular weight excluding hydrogens is 436 g/mol. The number of benzene rings is 2. The lowest BCUT2D eigenvalue weighted by atomic mass is 9.94. The minimum atomic E-state index is -1.10. The Morgan fingerprint density at radius 1 is 1.15 bits per heavy atom. The van der Waals surface area contributed by atoms with E-state index in [0.717, 1.165) is 36.3 Å². The Kier molecular flexibility index (Phi) is 8.03. The molecule has 2 saturated heterocycles. The van der Waals surface area contributed by atoms with E-state index < -0.39 is 12.2 Å². The summed E-state index contributed by atoms with van der Waals surface area (Å²) in [6, 6.07) is 13.3. The van der Waals surface area contributed by atoms with Gasteiger partial charge in [-0.2, -0.15) is 0 Å². The summed E-state index contributed by atoms with van der Waals surface area (Å²) < 4.78 is 34.3. The number of halogens is 2. The van der Waals surface area contributed by atoms with Crippen molar-refractivity contribution in [2.45, 2.75) is 64.5 Å². The summed E-state index contributed by atoms with van der Waals surface area (Å²) in [4.78, 5) is 17.2. The third kappa shape index (κ3) is 6.26. The second kappa shape index (κ2) is 11.2. The molecule has 184 valence electrons. The van der Waals surface area contributed by atoms with Gasteiger partial charge in [0.15, 0.2) is 0 Å². The zero-order chi connectivity index (χ0) is 24.1. The second-order valence-corrected chi connectivity index (χ2v) is 9.87. The standard InChI is InChI=1S/C27H35F2N3O2/c1-19(2)18-34-24-11-7-21(8-12-24)16-32(26-14-23-4-3-13-31(23)17-25(26)29)27(33)30-15-20-5-9-22(28)10-6-20/h5-12,19,23,25-26H,3-4,13-18H2,1-2H3,(H,30,33)/t23-,25-,26+/m0/s1. The highest BCUT2D eigenvalue weighted by Crippen LogP contribution is 2.32. The summed E-state index contributed by atoms with van der Waals surface area (Å²) in [5.41, 5.74) is 1.72. The largest absolute Gasteiger partial charge is 0.493 e. The molecule has 0 bridgehead atoms. The predicted molar refractivity (Wildman–Crippen MR) is 129 cm³/mol. The Bertz CT molecular complexity index is 936. The number of rotatable bonds is 8. The molecule has 0 aliphatic carbocycles. The highest BCUT2D eigenvalue weighted by molar-refractivity contribution is 5.74. The van der Waals surface area contributed by atoms with Crippen LogP contribution < -0.4 is 10.1 Å². The Morgan fingerprint density at radius 3 is 2.56 bits per heavy atom. The molecule has 2 amide bonds. The van der Waals surface area contributed by atoms with Crippen molar-refractivity contribution in [2.75, 3.05) is 19.7 Å². The number of hydrogen-bond acceptors (Lipinski definition) is 3. The molecule has 0 saturated carbocycles. The molecule has 2 fully saturated rings. The first-order chi connectivity index (χ1) is 16.4. The fraction of sp³-hybridized carbons (Fsp3) is 0.519. The fourth-order valence-corrected chi connectivity index (χ4v) is 4.87. The molecule has 2 heterocycles. The number of urea groups is 1. The number of carbonyl (C=O) groups is 1. The number of amides is 2. The van der Waals surface area contributed by atoms with Gasteiger partial charge in [-0.15, -0.1) is 0 Å². The van der Waals surface area contributed by atoms with E-state index in [0.29, 0.717) is 38.1 Å². The van der Waals surface area contributed by atoms with Crippen LogP contribution >= 0.6 is 0 Å². The first-order valence-electron chi connectivity index (χ1n) is 12.3. The van der Waals surface area contributed by atoms with E-state index in [1.54, 1.807) is 17.0 Å². The number of alkyl halides is 1. The van der Waals surface area contributed by atoms with Crippen molar-refractivity contribution in [3.05, 3.63) is 65.5 Å². The fourth-order valence-electron chi connectivity index (χ4n) is 4.87. The van der Waals surface area contributed by atoms with Crippen LogP contribution in [0.2, 0.25) is 0 Å². The normalized spacial score (nSPS) is 22.4. The Balaban J connectivity index is 1.47. The van der Waals surface area contributed by atoms with Crippen LogP contribution in [0.15, 0.2) is 48.5 Å². The summed E-state index contributed by atoms with van der Waals surface area (Å²) in [7, 11) is 0. The molecule has 2 aliphatic heterocycles. The van der Waals surface area contributed by atoms with Gasteiger partial charge in [0.2, 0.25) is 0 Å². The van der Waals surface area contributed by atoms with Crippen molar-refractivity contribution in [3.63, 3.8) is 0 Å². The van der Waals surface area contributed by atoms with Crippen molar-refractivity contribution in [2.24, 2.45) is 5.92 Å². The highest BCUT2D eigenvalue weighted by Gasteiger charge is 2.42. The van der Waals surface area contributed by atoms with Gasteiger partial charge in [0, 0.05) is 25.7 Å². The molecule has 2 aliphatic rings. The van der Waals surface area contributed by atoms with Gasteiger partial charge in [0.05, 0.1) is 12.6 Å². The van der Waals surface area contributed by atoms with Crippen molar-refractivity contribution in [1.29, 1.82) is 0 Å². The third-order valence-corrected chi connectivity index (χ3v) is 6.72. The van der Waals surface area contributed by atoms with Crippen LogP contribution in [0.25, 0.3) is 0 Å². The maximum atomic E-state index is 15.3. The molecule has 7 heteroatoms. The lowest BCUT2D eigenvalue weighted by molar-refractivity contribution is 0.0311. The van der Waals surface area contributed by atoms with E-state index in [1.807, 2.05) is 24.3 Å². The molecular formula is C27H35F2N3O2. The third-order valence-electron chi connectivity index (χ3n) is 6.72. The van der Waals surface area contributed by atoms with Crippen LogP contribution in [0.4, 0.5) is 13.6 Å². The number of fused-ring (bicyclic) bond motifs is 1. The molecule has 0 spiro atoms. The van der Waals surface area contributed by atoms with E-state index in [4.69, 9.17) is 4.74 Å². The Hall–Kier alpha value is -2.67. The molecule has 1 N–H and O–H groups in total. The zero-order valence-electron chi connectivity index (χ0n) is 20.1. The zero-order valence-corrected chi connectivity index (χ0v) is 20.1. The molecule has 2 aromatic carbocycles. The van der Waals surface area contributed by atoms with Gasteiger partial charge in [0.1, 0.15) is 17.7 Å². The molecule has 2 aromatic rings. The number of ether oxygens (including phenoxy) is 1. The average Bonchev–Trinajstić information content (AvgIpc) is 3.28. The number of piperidine rings is 1. The highest BCUT2D eigenvalue weighted by atomic mass is 19.1. The molecule has 5 nitrogen and oxygen atoms in total. The predicted octanol–water partition coefficient (Wildman–Crippen LogP) is 5.15. The van der Waals surface area contributed by atoms with Crippen LogP contribution in [0, 0.1) is 11.7 Å². The van der Waals surface area contributed by atoms with E-state index in [1.165, 1.54) is 12.1 Å². The lowest BCUT2D eigenvalue weighted by Gasteiger charge is -2.42. The van der Waals surface area contributed by atoms with Crippen molar-refractivity contribution >= 4 is 6.03 Å². The number of carbonyl (C=O) groups excluding carboxylic acids is 1. The maximum Gasteiger partial charge on any atom is 0.318 e. The maximum absolute atomic E-state index is 15.3. The van der Waals surface area contributed by atoms with Crippen molar-refractivity contribution in [3.8, 4) is 5.75 Å². The number of nitrogens with zero attached hydrogens (tertiary/aromatic N) is 2. The van der Waals surface area contributed by atoms with E-state index in [9.17, 15) is 9.18 Å². The molecule has 4 rings (SSSR count). The van der Waals surface area contributed by atoms with Gasteiger partial charge in [-0.3, -0.25) is 4.90 Å². The van der Waals surface area contributed by atoms with Gasteiger partial charge < -0.3 is 15.0 Å². The molecule has 0 aromatic heterocycles. The first kappa shape index (κ1) is 24.5. The quantitative estimate of drug-likeness (QED) is 0.579. The van der Waals surface area contributed by atoms with Crippen LogP contribution in [0.5, 0.6) is 5.75 Å². The van der Waals surface area contributed by atoms with Crippen molar-refractivity contribution in [1.82, 2.24) is 15.1 Å². The van der Waals surface area contributed by atoms with Crippen LogP contribution in [0.3, 0.4) is 0 Å². The van der Waals surface area contributed by atoms with Gasteiger partial charge in [0.25, 0.3) is 0 Å². The Morgan fingerprint density at radius 2 is 1.85 bits per heavy atom. The van der Waals surface area contributed by atoms with Gasteiger partial charge >= 0.3 is 6.03 Å². The number of hydrogen-bond donors (Lipinski definition) is 1. The summed E-state index contributed by atoms with van der Waals surface area (Å²) in [5, 5.41) is 2.92. The minimum absolute atomic E-state index is 0.261. The van der Waals surface area contributed by atoms with Crippen LogP contribution in [0.1, 0.15) is 44.2 Å². The van der Waals surface area contributed by atoms with Gasteiger partial charge in [-0.1, -0.05) is 38.1 Å². The smallest absolute Gasteiger partial charge is 0.318 e. The second-order valence-electron chi connectivity index (χ2n) is 9.87. The van der Waals surface area contributed by atoms with Crippen molar-refractivity contribution < 1.29 is 18.3 Å². The number of nitrogens with one attached hydrogen (secondary N) is 1. The van der Waals surface area contributed by atoms with E-state index in [-0.39, 0.29) is 18.4 Å². The monoisotopic (exact) mass is 471 g/mol. The molecule has 0 radical (unpaired) electrons. The summed E-state index contributed by atoms with van der Waals surface area (Å²) >= 11 is 0. The van der Waals surface area contributed by atoms with Crippen LogP contribution in [-0.2, 0) is 13.1 Å². The van der Waals surface area contributed by atoms with E-state index in [2.05, 4.69) is 24.1 Å². The van der Waals surface area contributed by atoms with Crippen LogP contribution in [-0.4, -0.2) is 53.8 Å². The lowest BCUT2D eigenvalue weighted by Crippen LogP contribution is -2.57. The summed E-state index contributed by atoms with van der Waals surface area (Å²) in [6.07, 6.45) is 1.68. The molecule has 0 unspecified atom stereocenters. The van der Waals surface area contributed by atoms with E-state index >= 15 is 4.39 Å². The Labute approximate surface area is 201 Å². The topological polar surface area (TPSA) is 44.8 Å². The minimum Gasteiger partial charge on any atom is -0.493 e. The summed E-state index contributed by atoms with van der Waals surface area (Å²) in [5.74, 6) is 0.899. The first-order valence-corrected chi connectivity index (χ1v) is 12.3. The van der Waals surface area contributed by atoms with Gasteiger partial charge in [-0.05, 0) is 67.1 Å². The van der Waals surface area contributed by atoms with Gasteiger partial charge in [-0.25, -0.2) is 13.6 Å². The molecule has 3 atom stereocenters. The SMILES string of the molecule is CC(C)COc1ccc(CN(C(=O)NCc2ccc(F)cc2)[C@@H]2C[C@@H]3CCCN3C[C@@H]2F)cc1. The summed E-state index contributed by atoms with van der Waals surface area (Å²) in [6.45, 7) is 6.72.